The molecule has 3 nitrogen and oxygen atoms in total. The number of carbonyl (C=O) groups is 1. The summed E-state index contributed by atoms with van der Waals surface area (Å²) in [6.07, 6.45) is 3.24. The minimum Gasteiger partial charge on any atom is -0.454 e. The van der Waals surface area contributed by atoms with Crippen molar-refractivity contribution in [2.45, 2.75) is 26.2 Å². The maximum Gasteiger partial charge on any atom is 0.231 e. The number of fused-ring (bicyclic) bond motifs is 1. The Morgan fingerprint density at radius 1 is 1.27 bits per heavy atom. The van der Waals surface area contributed by atoms with Crippen LogP contribution in [0.3, 0.4) is 0 Å². The van der Waals surface area contributed by atoms with Gasteiger partial charge in [0.15, 0.2) is 11.5 Å². The van der Waals surface area contributed by atoms with Crippen LogP contribution in [-0.4, -0.2) is 13.1 Å². The van der Waals surface area contributed by atoms with Crippen molar-refractivity contribution in [3.63, 3.8) is 0 Å². The van der Waals surface area contributed by atoms with E-state index in [0.717, 1.165) is 30.6 Å². The normalized spacial score (nSPS) is 12.9. The van der Waals surface area contributed by atoms with Crippen molar-refractivity contribution in [1.29, 1.82) is 0 Å². The molecule has 0 unspecified atom stereocenters. The van der Waals surface area contributed by atoms with Crippen molar-refractivity contribution in [2.24, 2.45) is 0 Å². The first-order valence-corrected chi connectivity index (χ1v) is 5.20. The average molecular weight is 206 g/mol. The van der Waals surface area contributed by atoms with Crippen molar-refractivity contribution in [1.82, 2.24) is 0 Å². The Kier molecular flexibility index (Phi) is 2.90. The van der Waals surface area contributed by atoms with Gasteiger partial charge in [-0.15, -0.1) is 0 Å². The second-order valence-electron chi connectivity index (χ2n) is 3.53. The number of benzene rings is 1. The van der Waals surface area contributed by atoms with Crippen molar-refractivity contribution >= 4 is 6.29 Å². The molecule has 0 saturated carbocycles. The van der Waals surface area contributed by atoms with Gasteiger partial charge in [0.05, 0.1) is 0 Å². The zero-order valence-electron chi connectivity index (χ0n) is 8.79. The van der Waals surface area contributed by atoms with Crippen LogP contribution in [0.15, 0.2) is 12.1 Å². The minimum atomic E-state index is 0.301. The van der Waals surface area contributed by atoms with E-state index in [1.807, 2.05) is 12.1 Å². The third-order valence-corrected chi connectivity index (χ3v) is 2.61. The van der Waals surface area contributed by atoms with Crippen molar-refractivity contribution in [2.75, 3.05) is 6.79 Å². The van der Waals surface area contributed by atoms with Crippen LogP contribution >= 0.6 is 0 Å². The zero-order chi connectivity index (χ0) is 10.7. The highest BCUT2D eigenvalue weighted by Crippen LogP contribution is 2.35. The van der Waals surface area contributed by atoms with Crippen LogP contribution in [0.25, 0.3) is 0 Å². The highest BCUT2D eigenvalue weighted by atomic mass is 16.7. The van der Waals surface area contributed by atoms with Gasteiger partial charge in [-0.25, -0.2) is 0 Å². The molecule has 15 heavy (non-hydrogen) atoms. The topological polar surface area (TPSA) is 35.5 Å². The monoisotopic (exact) mass is 206 g/mol. The van der Waals surface area contributed by atoms with E-state index in [1.54, 1.807) is 0 Å². The number of hydrogen-bond acceptors (Lipinski definition) is 3. The smallest absolute Gasteiger partial charge is 0.231 e. The first-order chi connectivity index (χ1) is 7.35. The van der Waals surface area contributed by atoms with Gasteiger partial charge in [0, 0.05) is 6.42 Å². The molecule has 1 aromatic rings. The Morgan fingerprint density at radius 3 is 2.53 bits per heavy atom. The summed E-state index contributed by atoms with van der Waals surface area (Å²) in [6.45, 7) is 2.40. The van der Waals surface area contributed by atoms with Crippen LogP contribution in [-0.2, 0) is 17.6 Å². The SMILES string of the molecule is CCc1cc2c(cc1CCC=O)OCO2. The van der Waals surface area contributed by atoms with Gasteiger partial charge in [-0.1, -0.05) is 6.92 Å². The molecule has 0 N–H and O–H groups in total. The summed E-state index contributed by atoms with van der Waals surface area (Å²) >= 11 is 0. The summed E-state index contributed by atoms with van der Waals surface area (Å²) in [5, 5.41) is 0. The molecular formula is C12H14O3. The summed E-state index contributed by atoms with van der Waals surface area (Å²) in [6, 6.07) is 4.01. The van der Waals surface area contributed by atoms with E-state index in [2.05, 4.69) is 6.92 Å². The van der Waals surface area contributed by atoms with Crippen LogP contribution in [0.2, 0.25) is 0 Å². The summed E-state index contributed by atoms with van der Waals surface area (Å²) in [5.41, 5.74) is 2.43. The summed E-state index contributed by atoms with van der Waals surface area (Å²) in [5.74, 6) is 1.62. The minimum absolute atomic E-state index is 0.301. The lowest BCUT2D eigenvalue weighted by atomic mass is 10.0. The van der Waals surface area contributed by atoms with E-state index in [9.17, 15) is 4.79 Å². The predicted molar refractivity (Wildman–Crippen MR) is 56.3 cm³/mol. The first-order valence-electron chi connectivity index (χ1n) is 5.20. The Balaban J connectivity index is 2.30. The molecule has 0 bridgehead atoms. The largest absolute Gasteiger partial charge is 0.454 e. The number of ether oxygens (including phenoxy) is 2. The fraction of sp³-hybridized carbons (Fsp3) is 0.417. The van der Waals surface area contributed by atoms with Crippen LogP contribution in [0.4, 0.5) is 0 Å². The van der Waals surface area contributed by atoms with E-state index >= 15 is 0 Å². The lowest BCUT2D eigenvalue weighted by Crippen LogP contribution is -1.94. The fourth-order valence-electron chi connectivity index (χ4n) is 1.80. The summed E-state index contributed by atoms with van der Waals surface area (Å²) < 4.78 is 10.6. The number of aryl methyl sites for hydroxylation is 2. The molecule has 80 valence electrons. The van der Waals surface area contributed by atoms with Gasteiger partial charge >= 0.3 is 0 Å². The molecule has 1 aromatic carbocycles. The number of rotatable bonds is 4. The van der Waals surface area contributed by atoms with E-state index in [4.69, 9.17) is 9.47 Å². The van der Waals surface area contributed by atoms with E-state index < -0.39 is 0 Å². The van der Waals surface area contributed by atoms with Gasteiger partial charge in [-0.05, 0) is 36.1 Å². The van der Waals surface area contributed by atoms with Gasteiger partial charge in [-0.2, -0.15) is 0 Å². The number of carbonyl (C=O) groups excluding carboxylic acids is 1. The van der Waals surface area contributed by atoms with Crippen LogP contribution in [0, 0.1) is 0 Å². The lowest BCUT2D eigenvalue weighted by Gasteiger charge is -2.07. The molecule has 0 atom stereocenters. The van der Waals surface area contributed by atoms with E-state index in [-0.39, 0.29) is 0 Å². The van der Waals surface area contributed by atoms with Gasteiger partial charge < -0.3 is 14.3 Å². The zero-order valence-corrected chi connectivity index (χ0v) is 8.79. The fourth-order valence-corrected chi connectivity index (χ4v) is 1.80. The molecule has 0 amide bonds. The third-order valence-electron chi connectivity index (χ3n) is 2.61. The molecule has 1 heterocycles. The molecule has 1 aliphatic rings. The van der Waals surface area contributed by atoms with Crippen molar-refractivity contribution in [3.05, 3.63) is 23.3 Å². The molecule has 0 aliphatic carbocycles. The predicted octanol–water partition coefficient (Wildman–Crippen LogP) is 2.11. The van der Waals surface area contributed by atoms with Crippen molar-refractivity contribution < 1.29 is 14.3 Å². The molecule has 0 spiro atoms. The van der Waals surface area contributed by atoms with Crippen LogP contribution < -0.4 is 9.47 Å². The van der Waals surface area contributed by atoms with Gasteiger partial charge in [0.1, 0.15) is 6.29 Å². The molecule has 0 radical (unpaired) electrons. The highest BCUT2D eigenvalue weighted by molar-refractivity contribution is 5.53. The molecule has 0 fully saturated rings. The van der Waals surface area contributed by atoms with E-state index in [0.29, 0.717) is 13.2 Å². The molecule has 2 rings (SSSR count). The Hall–Kier alpha value is -1.51. The number of hydrogen-bond donors (Lipinski definition) is 0. The molecular weight excluding hydrogens is 192 g/mol. The second-order valence-corrected chi connectivity index (χ2v) is 3.53. The Bertz CT molecular complexity index is 371. The maximum absolute atomic E-state index is 10.4. The highest BCUT2D eigenvalue weighted by Gasteiger charge is 2.16. The van der Waals surface area contributed by atoms with Gasteiger partial charge in [0.25, 0.3) is 0 Å². The summed E-state index contributed by atoms with van der Waals surface area (Å²) in [7, 11) is 0. The quantitative estimate of drug-likeness (QED) is 0.708. The average Bonchev–Trinajstić information content (AvgIpc) is 2.71. The van der Waals surface area contributed by atoms with Crippen LogP contribution in [0.5, 0.6) is 11.5 Å². The third kappa shape index (κ3) is 1.96. The van der Waals surface area contributed by atoms with Crippen LogP contribution in [0.1, 0.15) is 24.5 Å². The molecule has 1 aliphatic heterocycles. The van der Waals surface area contributed by atoms with Gasteiger partial charge in [0.2, 0.25) is 6.79 Å². The molecule has 0 aromatic heterocycles. The van der Waals surface area contributed by atoms with Crippen molar-refractivity contribution in [3.8, 4) is 11.5 Å². The summed E-state index contributed by atoms with van der Waals surface area (Å²) in [4.78, 5) is 10.4. The first kappa shape index (κ1) is 10.0. The molecule has 3 heteroatoms. The molecule has 0 saturated heterocycles. The standard InChI is InChI=1S/C12H14O3/c1-2-9-6-11-12(15-8-14-11)7-10(9)4-3-5-13/h5-7H,2-4,8H2,1H3. The van der Waals surface area contributed by atoms with E-state index in [1.165, 1.54) is 11.1 Å². The number of aldehydes is 1. The van der Waals surface area contributed by atoms with Gasteiger partial charge in [-0.3, -0.25) is 0 Å². The Labute approximate surface area is 89.0 Å². The second kappa shape index (κ2) is 4.34. The lowest BCUT2D eigenvalue weighted by molar-refractivity contribution is -0.107. The maximum atomic E-state index is 10.4. The Morgan fingerprint density at radius 2 is 1.93 bits per heavy atom.